The van der Waals surface area contributed by atoms with Crippen LogP contribution >= 0.6 is 15.9 Å². The molecule has 1 amide bonds. The van der Waals surface area contributed by atoms with Gasteiger partial charge in [0.05, 0.1) is 5.71 Å². The van der Waals surface area contributed by atoms with Crippen molar-refractivity contribution in [1.82, 2.24) is 10.4 Å². The minimum absolute atomic E-state index is 0.275. The maximum absolute atomic E-state index is 12.2. The molecule has 0 saturated heterocycles. The van der Waals surface area contributed by atoms with Gasteiger partial charge in [0.25, 0.3) is 5.91 Å². The first-order chi connectivity index (χ1) is 11.7. The molecule has 3 rings (SSSR count). The fraction of sp³-hybridized carbons (Fsp3) is 0. The van der Waals surface area contributed by atoms with E-state index in [-0.39, 0.29) is 5.91 Å². The van der Waals surface area contributed by atoms with Gasteiger partial charge in [0.1, 0.15) is 0 Å². The summed E-state index contributed by atoms with van der Waals surface area (Å²) in [5.41, 5.74) is 5.67. The van der Waals surface area contributed by atoms with Crippen LogP contribution in [0.25, 0.3) is 0 Å². The molecule has 3 aromatic rings. The standard InChI is InChI=1S/C19H14BrN3O/c20-17-8-6-15(7-9-17)18(14-4-2-1-3-5-14)22-23-19(24)16-10-12-21-13-11-16/h1-13H,(H,23,24). The molecular weight excluding hydrogens is 366 g/mol. The number of hydrogen-bond donors (Lipinski definition) is 1. The number of carbonyl (C=O) groups is 1. The predicted molar refractivity (Wildman–Crippen MR) is 97.9 cm³/mol. The summed E-state index contributed by atoms with van der Waals surface area (Å²) in [5.74, 6) is -0.275. The summed E-state index contributed by atoms with van der Waals surface area (Å²) < 4.78 is 0.986. The Labute approximate surface area is 148 Å². The number of halogens is 1. The summed E-state index contributed by atoms with van der Waals surface area (Å²) in [6, 6.07) is 20.8. The van der Waals surface area contributed by atoms with E-state index in [9.17, 15) is 4.79 Å². The molecule has 118 valence electrons. The zero-order chi connectivity index (χ0) is 16.8. The van der Waals surface area contributed by atoms with Crippen molar-refractivity contribution in [2.75, 3.05) is 0 Å². The summed E-state index contributed by atoms with van der Waals surface area (Å²) in [5, 5.41) is 4.35. The van der Waals surface area contributed by atoms with Crippen molar-refractivity contribution in [2.24, 2.45) is 5.10 Å². The smallest absolute Gasteiger partial charge is 0.267 e. The average molecular weight is 380 g/mol. The molecule has 0 aliphatic rings. The van der Waals surface area contributed by atoms with Crippen LogP contribution in [-0.2, 0) is 0 Å². The second kappa shape index (κ2) is 7.66. The average Bonchev–Trinajstić information content (AvgIpc) is 2.65. The lowest BCUT2D eigenvalue weighted by atomic mass is 10.0. The summed E-state index contributed by atoms with van der Waals surface area (Å²) in [7, 11) is 0. The van der Waals surface area contributed by atoms with Gasteiger partial charge in [0, 0.05) is 33.6 Å². The van der Waals surface area contributed by atoms with Crippen molar-refractivity contribution < 1.29 is 4.79 Å². The second-order valence-corrected chi connectivity index (χ2v) is 5.93. The van der Waals surface area contributed by atoms with E-state index < -0.39 is 0 Å². The maximum atomic E-state index is 12.2. The zero-order valence-corrected chi connectivity index (χ0v) is 14.3. The van der Waals surface area contributed by atoms with Gasteiger partial charge in [-0.15, -0.1) is 0 Å². The number of benzene rings is 2. The van der Waals surface area contributed by atoms with Crippen molar-refractivity contribution >= 4 is 27.5 Å². The van der Waals surface area contributed by atoms with Gasteiger partial charge in [-0.25, -0.2) is 5.43 Å². The third-order valence-electron chi connectivity index (χ3n) is 3.38. The molecule has 1 N–H and O–H groups in total. The van der Waals surface area contributed by atoms with E-state index in [1.54, 1.807) is 24.5 Å². The number of pyridine rings is 1. The minimum Gasteiger partial charge on any atom is -0.267 e. The van der Waals surface area contributed by atoms with E-state index in [1.807, 2.05) is 54.6 Å². The fourth-order valence-electron chi connectivity index (χ4n) is 2.17. The largest absolute Gasteiger partial charge is 0.271 e. The molecule has 0 radical (unpaired) electrons. The number of aromatic nitrogens is 1. The lowest BCUT2D eigenvalue weighted by molar-refractivity contribution is 0.0955. The van der Waals surface area contributed by atoms with E-state index in [0.29, 0.717) is 11.3 Å². The Morgan fingerprint density at radius 1 is 0.833 bits per heavy atom. The lowest BCUT2D eigenvalue weighted by Gasteiger charge is -2.08. The highest BCUT2D eigenvalue weighted by Crippen LogP contribution is 2.15. The van der Waals surface area contributed by atoms with E-state index in [4.69, 9.17) is 0 Å². The second-order valence-electron chi connectivity index (χ2n) is 5.01. The Bertz CT molecular complexity index is 847. The van der Waals surface area contributed by atoms with Crippen molar-refractivity contribution in [1.29, 1.82) is 0 Å². The van der Waals surface area contributed by atoms with Gasteiger partial charge in [-0.2, -0.15) is 5.10 Å². The van der Waals surface area contributed by atoms with Crippen LogP contribution < -0.4 is 5.43 Å². The number of carbonyl (C=O) groups excluding carboxylic acids is 1. The van der Waals surface area contributed by atoms with E-state index in [1.165, 1.54) is 0 Å². The van der Waals surface area contributed by atoms with Gasteiger partial charge < -0.3 is 0 Å². The SMILES string of the molecule is O=C(NN=C(c1ccccc1)c1ccc(Br)cc1)c1ccncc1. The summed E-state index contributed by atoms with van der Waals surface area (Å²) in [4.78, 5) is 16.1. The normalized spacial score (nSPS) is 11.1. The summed E-state index contributed by atoms with van der Waals surface area (Å²) in [6.45, 7) is 0. The molecule has 0 atom stereocenters. The monoisotopic (exact) mass is 379 g/mol. The number of hydrogen-bond acceptors (Lipinski definition) is 3. The number of amides is 1. The first-order valence-electron chi connectivity index (χ1n) is 7.33. The highest BCUT2D eigenvalue weighted by Gasteiger charge is 2.09. The van der Waals surface area contributed by atoms with Gasteiger partial charge >= 0.3 is 0 Å². The highest BCUT2D eigenvalue weighted by atomic mass is 79.9. The van der Waals surface area contributed by atoms with Crippen LogP contribution in [-0.4, -0.2) is 16.6 Å². The third-order valence-corrected chi connectivity index (χ3v) is 3.91. The molecule has 24 heavy (non-hydrogen) atoms. The van der Waals surface area contributed by atoms with Crippen molar-refractivity contribution in [3.8, 4) is 0 Å². The Balaban J connectivity index is 1.93. The molecule has 5 heteroatoms. The summed E-state index contributed by atoms with van der Waals surface area (Å²) in [6.07, 6.45) is 3.15. The molecule has 0 aliphatic carbocycles. The van der Waals surface area contributed by atoms with Crippen LogP contribution in [0.5, 0.6) is 0 Å². The Morgan fingerprint density at radius 3 is 2.12 bits per heavy atom. The number of nitrogens with one attached hydrogen (secondary N) is 1. The van der Waals surface area contributed by atoms with Crippen LogP contribution in [0, 0.1) is 0 Å². The molecule has 2 aromatic carbocycles. The number of nitrogens with zero attached hydrogens (tertiary/aromatic N) is 2. The highest BCUT2D eigenvalue weighted by molar-refractivity contribution is 9.10. The van der Waals surface area contributed by atoms with E-state index in [2.05, 4.69) is 31.4 Å². The van der Waals surface area contributed by atoms with Gasteiger partial charge in [-0.1, -0.05) is 58.4 Å². The molecule has 0 unspecified atom stereocenters. The Morgan fingerprint density at radius 2 is 1.46 bits per heavy atom. The van der Waals surface area contributed by atoms with Crippen LogP contribution in [0.1, 0.15) is 21.5 Å². The van der Waals surface area contributed by atoms with Crippen LogP contribution in [0.4, 0.5) is 0 Å². The Hall–Kier alpha value is -2.79. The van der Waals surface area contributed by atoms with Crippen LogP contribution in [0.2, 0.25) is 0 Å². The molecule has 0 aliphatic heterocycles. The van der Waals surface area contributed by atoms with Gasteiger partial charge in [-0.05, 0) is 24.3 Å². The molecule has 4 nitrogen and oxygen atoms in total. The molecule has 1 aromatic heterocycles. The molecule has 0 spiro atoms. The van der Waals surface area contributed by atoms with Crippen LogP contribution in [0.15, 0.2) is 88.7 Å². The van der Waals surface area contributed by atoms with Gasteiger partial charge in [0.2, 0.25) is 0 Å². The molecule has 1 heterocycles. The van der Waals surface area contributed by atoms with Crippen molar-refractivity contribution in [3.05, 3.63) is 100 Å². The Kier molecular flexibility index (Phi) is 5.13. The number of rotatable bonds is 4. The molecule has 0 fully saturated rings. The molecule has 0 saturated carbocycles. The third kappa shape index (κ3) is 3.94. The van der Waals surface area contributed by atoms with Gasteiger partial charge in [-0.3, -0.25) is 9.78 Å². The fourth-order valence-corrected chi connectivity index (χ4v) is 2.44. The van der Waals surface area contributed by atoms with E-state index >= 15 is 0 Å². The molecule has 0 bridgehead atoms. The summed E-state index contributed by atoms with van der Waals surface area (Å²) >= 11 is 3.43. The first kappa shape index (κ1) is 16.1. The maximum Gasteiger partial charge on any atom is 0.271 e. The lowest BCUT2D eigenvalue weighted by Crippen LogP contribution is -2.20. The van der Waals surface area contributed by atoms with Crippen LogP contribution in [0.3, 0.4) is 0 Å². The topological polar surface area (TPSA) is 54.4 Å². The van der Waals surface area contributed by atoms with Gasteiger partial charge in [0.15, 0.2) is 0 Å². The van der Waals surface area contributed by atoms with Crippen molar-refractivity contribution in [2.45, 2.75) is 0 Å². The quantitative estimate of drug-likeness (QED) is 0.549. The van der Waals surface area contributed by atoms with Crippen molar-refractivity contribution in [3.63, 3.8) is 0 Å². The minimum atomic E-state index is -0.275. The number of hydrazone groups is 1. The predicted octanol–water partition coefficient (Wildman–Crippen LogP) is 4.03. The first-order valence-corrected chi connectivity index (χ1v) is 8.13. The zero-order valence-electron chi connectivity index (χ0n) is 12.7. The van der Waals surface area contributed by atoms with E-state index in [0.717, 1.165) is 15.6 Å². The molecular formula is C19H14BrN3O.